The predicted molar refractivity (Wildman–Crippen MR) is 95.9 cm³/mol. The van der Waals surface area contributed by atoms with Gasteiger partial charge < -0.3 is 10.2 Å². The molecule has 0 spiro atoms. The lowest BCUT2D eigenvalue weighted by atomic mass is 9.92. The van der Waals surface area contributed by atoms with Crippen LogP contribution in [-0.2, 0) is 11.2 Å². The van der Waals surface area contributed by atoms with Crippen LogP contribution in [0.1, 0.15) is 45.1 Å². The number of benzene rings is 1. The Morgan fingerprint density at radius 1 is 1.32 bits per heavy atom. The zero-order valence-electron chi connectivity index (χ0n) is 14.0. The molecule has 0 unspecified atom stereocenters. The predicted octanol–water partition coefficient (Wildman–Crippen LogP) is 3.80. The summed E-state index contributed by atoms with van der Waals surface area (Å²) in [4.78, 5) is 14.4. The molecule has 0 aromatic heterocycles. The standard InChI is InChI=1S/C18H28N2O.ClH/c1-4-5-6-15-7-9-17(10-8-15)20(3)18(21)16-11-12-19-14(2)13-16;/h7-10,14,16,19H,4-6,11-13H2,1-3H3;1H/t14-,16-;/m0./s1. The van der Waals surface area contributed by atoms with Crippen molar-refractivity contribution in [2.45, 2.75) is 52.0 Å². The third kappa shape index (κ3) is 4.99. The number of nitrogens with zero attached hydrogens (tertiary/aromatic N) is 1. The summed E-state index contributed by atoms with van der Waals surface area (Å²) < 4.78 is 0. The average molecular weight is 325 g/mol. The first-order valence-electron chi connectivity index (χ1n) is 8.21. The van der Waals surface area contributed by atoms with Crippen LogP contribution in [-0.4, -0.2) is 25.5 Å². The molecule has 0 aliphatic carbocycles. The minimum absolute atomic E-state index is 0. The van der Waals surface area contributed by atoms with E-state index in [-0.39, 0.29) is 24.2 Å². The number of unbranched alkanes of at least 4 members (excludes halogenated alkanes) is 1. The van der Waals surface area contributed by atoms with E-state index >= 15 is 0 Å². The molecule has 2 atom stereocenters. The van der Waals surface area contributed by atoms with Crippen LogP contribution >= 0.6 is 12.4 Å². The topological polar surface area (TPSA) is 32.3 Å². The van der Waals surface area contributed by atoms with Gasteiger partial charge in [-0.25, -0.2) is 0 Å². The summed E-state index contributed by atoms with van der Waals surface area (Å²) in [5.74, 6) is 0.413. The van der Waals surface area contributed by atoms with Crippen LogP contribution < -0.4 is 10.2 Å². The van der Waals surface area contributed by atoms with Gasteiger partial charge >= 0.3 is 0 Å². The molecule has 1 aliphatic heterocycles. The van der Waals surface area contributed by atoms with Crippen LogP contribution in [0.3, 0.4) is 0 Å². The maximum Gasteiger partial charge on any atom is 0.229 e. The van der Waals surface area contributed by atoms with E-state index in [9.17, 15) is 4.79 Å². The molecule has 1 aromatic carbocycles. The van der Waals surface area contributed by atoms with E-state index in [0.29, 0.717) is 6.04 Å². The van der Waals surface area contributed by atoms with E-state index < -0.39 is 0 Å². The zero-order valence-corrected chi connectivity index (χ0v) is 14.8. The molecule has 1 heterocycles. The summed E-state index contributed by atoms with van der Waals surface area (Å²) in [6.45, 7) is 5.31. The first-order chi connectivity index (χ1) is 10.1. The second-order valence-corrected chi connectivity index (χ2v) is 6.24. The summed E-state index contributed by atoms with van der Waals surface area (Å²) in [6.07, 6.45) is 5.45. The molecule has 3 nitrogen and oxygen atoms in total. The molecule has 1 amide bonds. The molecule has 1 aliphatic rings. The van der Waals surface area contributed by atoms with Crippen LogP contribution in [0, 0.1) is 5.92 Å². The number of halogens is 1. The Kier molecular flexibility index (Phi) is 7.91. The third-order valence-electron chi connectivity index (χ3n) is 4.45. The van der Waals surface area contributed by atoms with Crippen molar-refractivity contribution in [2.75, 3.05) is 18.5 Å². The van der Waals surface area contributed by atoms with Crippen molar-refractivity contribution in [1.82, 2.24) is 5.32 Å². The van der Waals surface area contributed by atoms with Crippen molar-refractivity contribution in [1.29, 1.82) is 0 Å². The van der Waals surface area contributed by atoms with Crippen LogP contribution in [0.2, 0.25) is 0 Å². The molecule has 1 N–H and O–H groups in total. The van der Waals surface area contributed by atoms with Gasteiger partial charge in [0.05, 0.1) is 0 Å². The number of carbonyl (C=O) groups excluding carboxylic acids is 1. The summed E-state index contributed by atoms with van der Waals surface area (Å²) >= 11 is 0. The Hall–Kier alpha value is -1.06. The lowest BCUT2D eigenvalue weighted by Crippen LogP contribution is -2.43. The highest BCUT2D eigenvalue weighted by Gasteiger charge is 2.27. The number of rotatable bonds is 5. The van der Waals surface area contributed by atoms with Crippen molar-refractivity contribution >= 4 is 24.0 Å². The maximum absolute atomic E-state index is 12.6. The highest BCUT2D eigenvalue weighted by atomic mass is 35.5. The summed E-state index contributed by atoms with van der Waals surface area (Å²) in [5, 5.41) is 3.40. The summed E-state index contributed by atoms with van der Waals surface area (Å²) in [5.41, 5.74) is 2.36. The van der Waals surface area contributed by atoms with Gasteiger partial charge in [0.2, 0.25) is 5.91 Å². The SMILES string of the molecule is CCCCc1ccc(N(C)C(=O)[C@H]2CCN[C@@H](C)C2)cc1.Cl. The normalized spacial score (nSPS) is 21.0. The number of piperidine rings is 1. The monoisotopic (exact) mass is 324 g/mol. The highest BCUT2D eigenvalue weighted by molar-refractivity contribution is 5.94. The second kappa shape index (κ2) is 9.16. The molecule has 1 fully saturated rings. The Labute approximate surface area is 140 Å². The largest absolute Gasteiger partial charge is 0.315 e. The van der Waals surface area contributed by atoms with Gasteiger partial charge in [0, 0.05) is 24.7 Å². The molecule has 0 radical (unpaired) electrons. The molecule has 22 heavy (non-hydrogen) atoms. The number of anilines is 1. The van der Waals surface area contributed by atoms with Crippen LogP contribution in [0.15, 0.2) is 24.3 Å². The van der Waals surface area contributed by atoms with E-state index in [4.69, 9.17) is 0 Å². The van der Waals surface area contributed by atoms with Gasteiger partial charge in [-0.15, -0.1) is 12.4 Å². The Bertz CT molecular complexity index is 461. The molecular weight excluding hydrogens is 296 g/mol. The molecule has 0 saturated carbocycles. The van der Waals surface area contributed by atoms with E-state index in [1.54, 1.807) is 0 Å². The Balaban J connectivity index is 0.00000242. The smallest absolute Gasteiger partial charge is 0.229 e. The number of amides is 1. The van der Waals surface area contributed by atoms with E-state index in [1.807, 2.05) is 11.9 Å². The van der Waals surface area contributed by atoms with Crippen molar-refractivity contribution in [2.24, 2.45) is 5.92 Å². The van der Waals surface area contributed by atoms with Crippen molar-refractivity contribution in [3.05, 3.63) is 29.8 Å². The van der Waals surface area contributed by atoms with Crippen molar-refractivity contribution in [3.63, 3.8) is 0 Å². The minimum Gasteiger partial charge on any atom is -0.315 e. The van der Waals surface area contributed by atoms with Crippen molar-refractivity contribution < 1.29 is 4.79 Å². The van der Waals surface area contributed by atoms with Gasteiger partial charge in [0.1, 0.15) is 0 Å². The first kappa shape index (κ1) is 19.0. The first-order valence-corrected chi connectivity index (χ1v) is 8.21. The third-order valence-corrected chi connectivity index (χ3v) is 4.45. The van der Waals surface area contributed by atoms with Crippen LogP contribution in [0.4, 0.5) is 5.69 Å². The summed E-state index contributed by atoms with van der Waals surface area (Å²) in [7, 11) is 1.90. The Morgan fingerprint density at radius 2 is 2.00 bits per heavy atom. The van der Waals surface area contributed by atoms with Crippen LogP contribution in [0.5, 0.6) is 0 Å². The fourth-order valence-corrected chi connectivity index (χ4v) is 3.02. The lowest BCUT2D eigenvalue weighted by molar-refractivity contribution is -0.123. The molecule has 1 aromatic rings. The number of hydrogen-bond donors (Lipinski definition) is 1. The fraction of sp³-hybridized carbons (Fsp3) is 0.611. The highest BCUT2D eigenvalue weighted by Crippen LogP contribution is 2.22. The van der Waals surface area contributed by atoms with Gasteiger partial charge in [-0.1, -0.05) is 25.5 Å². The maximum atomic E-state index is 12.6. The van der Waals surface area contributed by atoms with E-state index in [2.05, 4.69) is 43.4 Å². The van der Waals surface area contributed by atoms with E-state index in [0.717, 1.165) is 31.5 Å². The number of carbonyl (C=O) groups is 1. The molecular formula is C18H29ClN2O. The average Bonchev–Trinajstić information content (AvgIpc) is 2.52. The number of aryl methyl sites for hydroxylation is 1. The van der Waals surface area contributed by atoms with Crippen LogP contribution in [0.25, 0.3) is 0 Å². The lowest BCUT2D eigenvalue weighted by Gasteiger charge is -2.30. The Morgan fingerprint density at radius 3 is 2.59 bits per heavy atom. The summed E-state index contributed by atoms with van der Waals surface area (Å²) in [6, 6.07) is 8.90. The molecule has 0 bridgehead atoms. The van der Waals surface area contributed by atoms with Gasteiger partial charge in [-0.2, -0.15) is 0 Å². The fourth-order valence-electron chi connectivity index (χ4n) is 3.02. The second-order valence-electron chi connectivity index (χ2n) is 6.24. The number of hydrogen-bond acceptors (Lipinski definition) is 2. The van der Waals surface area contributed by atoms with E-state index in [1.165, 1.54) is 18.4 Å². The number of nitrogens with one attached hydrogen (secondary N) is 1. The minimum atomic E-state index is 0. The van der Waals surface area contributed by atoms with Gasteiger partial charge in [-0.05, 0) is 56.8 Å². The molecule has 4 heteroatoms. The molecule has 2 rings (SSSR count). The molecule has 1 saturated heterocycles. The molecule has 124 valence electrons. The quantitative estimate of drug-likeness (QED) is 0.893. The zero-order chi connectivity index (χ0) is 15.2. The van der Waals surface area contributed by atoms with Gasteiger partial charge in [-0.3, -0.25) is 4.79 Å². The van der Waals surface area contributed by atoms with Gasteiger partial charge in [0.25, 0.3) is 0 Å². The van der Waals surface area contributed by atoms with Crippen molar-refractivity contribution in [3.8, 4) is 0 Å². The van der Waals surface area contributed by atoms with Gasteiger partial charge in [0.15, 0.2) is 0 Å².